The Kier molecular flexibility index (Phi) is 5.28. The van der Waals surface area contributed by atoms with Crippen molar-refractivity contribution in [3.8, 4) is 5.88 Å². The number of rotatable bonds is 6. The summed E-state index contributed by atoms with van der Waals surface area (Å²) in [4.78, 5) is 8.52. The molecule has 0 amide bonds. The number of aryl methyl sites for hydroxylation is 2. The standard InChI is InChI=1S/C17H23N3O/c1-5-8-18-17(14-7-6-12(2)9-13(14)3)15-10-16(21-4)20-11-19-15/h6-7,9-11,17-18H,5,8H2,1-4H3. The normalized spacial score (nSPS) is 12.2. The molecule has 0 radical (unpaired) electrons. The van der Waals surface area contributed by atoms with E-state index in [0.29, 0.717) is 5.88 Å². The average Bonchev–Trinajstić information content (AvgIpc) is 2.49. The zero-order chi connectivity index (χ0) is 15.2. The van der Waals surface area contributed by atoms with E-state index < -0.39 is 0 Å². The van der Waals surface area contributed by atoms with E-state index in [0.717, 1.165) is 18.7 Å². The van der Waals surface area contributed by atoms with Gasteiger partial charge >= 0.3 is 0 Å². The lowest BCUT2D eigenvalue weighted by Crippen LogP contribution is -2.25. The first-order chi connectivity index (χ1) is 10.2. The van der Waals surface area contributed by atoms with E-state index in [4.69, 9.17) is 4.74 Å². The highest BCUT2D eigenvalue weighted by molar-refractivity contribution is 5.37. The Balaban J connectivity index is 2.41. The first kappa shape index (κ1) is 15.4. The van der Waals surface area contributed by atoms with Gasteiger partial charge in [-0.25, -0.2) is 9.97 Å². The maximum Gasteiger partial charge on any atom is 0.216 e. The average molecular weight is 285 g/mol. The van der Waals surface area contributed by atoms with Crippen LogP contribution in [0.5, 0.6) is 5.88 Å². The molecule has 1 heterocycles. The van der Waals surface area contributed by atoms with Crippen molar-refractivity contribution in [2.24, 2.45) is 0 Å². The van der Waals surface area contributed by atoms with Gasteiger partial charge in [-0.05, 0) is 37.9 Å². The Hall–Kier alpha value is -1.94. The van der Waals surface area contributed by atoms with Crippen molar-refractivity contribution in [2.75, 3.05) is 13.7 Å². The van der Waals surface area contributed by atoms with Crippen LogP contribution >= 0.6 is 0 Å². The summed E-state index contributed by atoms with van der Waals surface area (Å²) in [5.41, 5.74) is 4.71. The molecule has 1 atom stereocenters. The molecule has 1 N–H and O–H groups in total. The van der Waals surface area contributed by atoms with E-state index in [9.17, 15) is 0 Å². The molecule has 1 aromatic carbocycles. The summed E-state index contributed by atoms with van der Waals surface area (Å²) in [6.45, 7) is 7.34. The molecule has 0 bridgehead atoms. The monoisotopic (exact) mass is 285 g/mol. The molecule has 2 rings (SSSR count). The highest BCUT2D eigenvalue weighted by atomic mass is 16.5. The van der Waals surface area contributed by atoms with Gasteiger partial charge in [0.15, 0.2) is 0 Å². The zero-order valence-corrected chi connectivity index (χ0v) is 13.2. The summed E-state index contributed by atoms with van der Waals surface area (Å²) in [5.74, 6) is 0.591. The van der Waals surface area contributed by atoms with Gasteiger partial charge in [0.05, 0.1) is 18.8 Å². The fourth-order valence-electron chi connectivity index (χ4n) is 2.44. The van der Waals surface area contributed by atoms with Gasteiger partial charge in [-0.1, -0.05) is 30.7 Å². The van der Waals surface area contributed by atoms with Crippen molar-refractivity contribution in [2.45, 2.75) is 33.2 Å². The van der Waals surface area contributed by atoms with Crippen LogP contribution in [0.25, 0.3) is 0 Å². The molecule has 0 saturated carbocycles. The van der Waals surface area contributed by atoms with Gasteiger partial charge in [0.1, 0.15) is 6.33 Å². The summed E-state index contributed by atoms with van der Waals surface area (Å²) in [5, 5.41) is 3.57. The van der Waals surface area contributed by atoms with Crippen molar-refractivity contribution < 1.29 is 4.74 Å². The minimum absolute atomic E-state index is 0.0578. The molecule has 0 aliphatic rings. The number of hydrogen-bond acceptors (Lipinski definition) is 4. The lowest BCUT2D eigenvalue weighted by atomic mass is 9.96. The van der Waals surface area contributed by atoms with Crippen LogP contribution in [0.4, 0.5) is 0 Å². The predicted molar refractivity (Wildman–Crippen MR) is 84.6 cm³/mol. The van der Waals surface area contributed by atoms with Crippen LogP contribution in [-0.4, -0.2) is 23.6 Å². The molecular formula is C17H23N3O. The molecule has 0 saturated heterocycles. The van der Waals surface area contributed by atoms with Crippen LogP contribution in [0.3, 0.4) is 0 Å². The second kappa shape index (κ2) is 7.18. The predicted octanol–water partition coefficient (Wildman–Crippen LogP) is 3.19. The van der Waals surface area contributed by atoms with Crippen molar-refractivity contribution in [3.05, 3.63) is 53.0 Å². The van der Waals surface area contributed by atoms with Gasteiger partial charge in [-0.3, -0.25) is 0 Å². The lowest BCUT2D eigenvalue weighted by molar-refractivity contribution is 0.394. The van der Waals surface area contributed by atoms with Crippen LogP contribution in [-0.2, 0) is 0 Å². The van der Waals surface area contributed by atoms with Gasteiger partial charge < -0.3 is 10.1 Å². The van der Waals surface area contributed by atoms with Crippen LogP contribution in [0.2, 0.25) is 0 Å². The number of methoxy groups -OCH3 is 1. The summed E-state index contributed by atoms with van der Waals surface area (Å²) in [6, 6.07) is 8.47. The third kappa shape index (κ3) is 3.79. The smallest absolute Gasteiger partial charge is 0.216 e. The number of nitrogens with zero attached hydrogens (tertiary/aromatic N) is 2. The molecule has 112 valence electrons. The summed E-state index contributed by atoms with van der Waals surface area (Å²) in [6.07, 6.45) is 2.63. The molecule has 0 aliphatic carbocycles. The Morgan fingerprint density at radius 1 is 1.19 bits per heavy atom. The first-order valence-corrected chi connectivity index (χ1v) is 7.32. The minimum Gasteiger partial charge on any atom is -0.481 e. The molecular weight excluding hydrogens is 262 g/mol. The Morgan fingerprint density at radius 3 is 2.67 bits per heavy atom. The second-order valence-corrected chi connectivity index (χ2v) is 5.23. The molecule has 1 unspecified atom stereocenters. The summed E-state index contributed by atoms with van der Waals surface area (Å²) >= 11 is 0. The Morgan fingerprint density at radius 2 is 2.00 bits per heavy atom. The fraction of sp³-hybridized carbons (Fsp3) is 0.412. The van der Waals surface area contributed by atoms with Crippen molar-refractivity contribution >= 4 is 0 Å². The molecule has 0 aliphatic heterocycles. The largest absolute Gasteiger partial charge is 0.481 e. The number of nitrogens with one attached hydrogen (secondary N) is 1. The first-order valence-electron chi connectivity index (χ1n) is 7.32. The Bertz CT molecular complexity index is 598. The SMILES string of the molecule is CCCNC(c1cc(OC)ncn1)c1ccc(C)cc1C. The molecule has 4 heteroatoms. The van der Waals surface area contributed by atoms with Crippen LogP contribution < -0.4 is 10.1 Å². The summed E-state index contributed by atoms with van der Waals surface area (Å²) < 4.78 is 5.22. The molecule has 1 aromatic heterocycles. The maximum absolute atomic E-state index is 5.22. The van der Waals surface area contributed by atoms with E-state index in [1.54, 1.807) is 13.4 Å². The highest BCUT2D eigenvalue weighted by Crippen LogP contribution is 2.25. The van der Waals surface area contributed by atoms with E-state index in [1.807, 2.05) is 6.07 Å². The molecule has 0 spiro atoms. The van der Waals surface area contributed by atoms with Crippen molar-refractivity contribution in [3.63, 3.8) is 0 Å². The van der Waals surface area contributed by atoms with Crippen LogP contribution in [0.1, 0.15) is 41.8 Å². The fourth-order valence-corrected chi connectivity index (χ4v) is 2.44. The molecule has 4 nitrogen and oxygen atoms in total. The van der Waals surface area contributed by atoms with E-state index >= 15 is 0 Å². The Labute approximate surface area is 126 Å². The highest BCUT2D eigenvalue weighted by Gasteiger charge is 2.17. The molecule has 2 aromatic rings. The molecule has 21 heavy (non-hydrogen) atoms. The third-order valence-electron chi connectivity index (χ3n) is 3.50. The molecule has 0 fully saturated rings. The van der Waals surface area contributed by atoms with Crippen LogP contribution in [0.15, 0.2) is 30.6 Å². The number of benzene rings is 1. The van der Waals surface area contributed by atoms with Gasteiger partial charge in [-0.15, -0.1) is 0 Å². The van der Waals surface area contributed by atoms with Gasteiger partial charge in [0.2, 0.25) is 5.88 Å². The number of ether oxygens (including phenoxy) is 1. The van der Waals surface area contributed by atoms with E-state index in [2.05, 4.69) is 54.3 Å². The van der Waals surface area contributed by atoms with Gasteiger partial charge in [0, 0.05) is 6.07 Å². The van der Waals surface area contributed by atoms with Crippen molar-refractivity contribution in [1.82, 2.24) is 15.3 Å². The maximum atomic E-state index is 5.22. The summed E-state index contributed by atoms with van der Waals surface area (Å²) in [7, 11) is 1.62. The lowest BCUT2D eigenvalue weighted by Gasteiger charge is -2.21. The number of aromatic nitrogens is 2. The third-order valence-corrected chi connectivity index (χ3v) is 3.50. The quantitative estimate of drug-likeness (QED) is 0.885. The minimum atomic E-state index is 0.0578. The second-order valence-electron chi connectivity index (χ2n) is 5.23. The topological polar surface area (TPSA) is 47.0 Å². The van der Waals surface area contributed by atoms with E-state index in [1.165, 1.54) is 16.7 Å². The van der Waals surface area contributed by atoms with Crippen LogP contribution in [0, 0.1) is 13.8 Å². The van der Waals surface area contributed by atoms with E-state index in [-0.39, 0.29) is 6.04 Å². The number of hydrogen-bond donors (Lipinski definition) is 1. The van der Waals surface area contributed by atoms with Crippen molar-refractivity contribution in [1.29, 1.82) is 0 Å². The van der Waals surface area contributed by atoms with Gasteiger partial charge in [0.25, 0.3) is 0 Å². The van der Waals surface area contributed by atoms with Gasteiger partial charge in [-0.2, -0.15) is 0 Å². The zero-order valence-electron chi connectivity index (χ0n) is 13.2.